The molecule has 0 bridgehead atoms. The van der Waals surface area contributed by atoms with Crippen molar-refractivity contribution < 1.29 is 9.18 Å². The number of hydrogen-bond donors (Lipinski definition) is 2. The van der Waals surface area contributed by atoms with Crippen LogP contribution in [0, 0.1) is 5.82 Å². The van der Waals surface area contributed by atoms with Gasteiger partial charge in [0, 0.05) is 42.8 Å². The van der Waals surface area contributed by atoms with E-state index in [2.05, 4.69) is 31.6 Å². The van der Waals surface area contributed by atoms with E-state index in [0.717, 1.165) is 16.5 Å². The molecular weight excluding hydrogens is 550 g/mol. The largest absolute Gasteiger partial charge is 0.357 e. The van der Waals surface area contributed by atoms with Gasteiger partial charge in [-0.15, -0.1) is 24.0 Å². The van der Waals surface area contributed by atoms with Crippen LogP contribution in [0.5, 0.6) is 0 Å². The maximum atomic E-state index is 13.9. The van der Waals surface area contributed by atoms with Gasteiger partial charge < -0.3 is 15.5 Å². The summed E-state index contributed by atoms with van der Waals surface area (Å²) in [6.07, 6.45) is 0.740. The van der Waals surface area contributed by atoms with Gasteiger partial charge in [-0.05, 0) is 49.2 Å². The van der Waals surface area contributed by atoms with Crippen LogP contribution in [0.3, 0.4) is 0 Å². The van der Waals surface area contributed by atoms with E-state index in [4.69, 9.17) is 0 Å². The highest BCUT2D eigenvalue weighted by Crippen LogP contribution is 2.16. The Morgan fingerprint density at radius 1 is 1.17 bits per heavy atom. The number of amides is 1. The van der Waals surface area contributed by atoms with Crippen LogP contribution in [0.2, 0.25) is 0 Å². The van der Waals surface area contributed by atoms with Gasteiger partial charge in [0.2, 0.25) is 0 Å². The predicted molar refractivity (Wildman–Crippen MR) is 130 cm³/mol. The first-order valence-corrected chi connectivity index (χ1v) is 9.96. The maximum absolute atomic E-state index is 13.9. The maximum Gasteiger partial charge on any atom is 0.253 e. The lowest BCUT2D eigenvalue weighted by molar-refractivity contribution is 0.0827. The predicted octanol–water partition coefficient (Wildman–Crippen LogP) is 4.21. The summed E-state index contributed by atoms with van der Waals surface area (Å²) in [5, 5.41) is 6.42. The number of nitrogens with zero attached hydrogens (tertiary/aromatic N) is 2. The van der Waals surface area contributed by atoms with Gasteiger partial charge in [-0.1, -0.05) is 28.1 Å². The Morgan fingerprint density at radius 3 is 2.62 bits per heavy atom. The smallest absolute Gasteiger partial charge is 0.253 e. The third kappa shape index (κ3) is 8.30. The molecule has 0 radical (unpaired) electrons. The Labute approximate surface area is 197 Å². The molecule has 0 fully saturated rings. The van der Waals surface area contributed by atoms with Crippen LogP contribution in [0.15, 0.2) is 51.9 Å². The molecule has 29 heavy (non-hydrogen) atoms. The van der Waals surface area contributed by atoms with Gasteiger partial charge in [-0.3, -0.25) is 4.79 Å². The molecule has 0 aromatic heterocycles. The minimum absolute atomic E-state index is 0. The highest BCUT2D eigenvalue weighted by atomic mass is 127. The van der Waals surface area contributed by atoms with Crippen LogP contribution in [0.1, 0.15) is 28.4 Å². The summed E-state index contributed by atoms with van der Waals surface area (Å²) < 4.78 is 14.7. The van der Waals surface area contributed by atoms with E-state index < -0.39 is 0 Å². The number of carbonyl (C=O) groups excluding carboxylic acids is 1. The summed E-state index contributed by atoms with van der Waals surface area (Å²) in [7, 11) is 3.48. The summed E-state index contributed by atoms with van der Waals surface area (Å²) in [6.45, 7) is 3.58. The van der Waals surface area contributed by atoms with Gasteiger partial charge in [0.05, 0.1) is 6.54 Å². The van der Waals surface area contributed by atoms with Crippen molar-refractivity contribution in [2.75, 3.05) is 27.2 Å². The lowest BCUT2D eigenvalue weighted by Crippen LogP contribution is -2.38. The van der Waals surface area contributed by atoms with Crippen LogP contribution >= 0.6 is 39.9 Å². The van der Waals surface area contributed by atoms with Gasteiger partial charge >= 0.3 is 0 Å². The molecule has 0 aliphatic carbocycles. The zero-order valence-corrected chi connectivity index (χ0v) is 20.8. The zero-order chi connectivity index (χ0) is 20.5. The number of hydrogen-bond acceptors (Lipinski definition) is 2. The Kier molecular flexibility index (Phi) is 11.2. The van der Waals surface area contributed by atoms with E-state index >= 15 is 0 Å². The molecule has 1 amide bonds. The van der Waals surface area contributed by atoms with Gasteiger partial charge in [0.25, 0.3) is 5.91 Å². The monoisotopic (exact) mass is 576 g/mol. The van der Waals surface area contributed by atoms with Crippen LogP contribution < -0.4 is 10.6 Å². The number of benzene rings is 2. The topological polar surface area (TPSA) is 56.7 Å². The molecule has 2 N–H and O–H groups in total. The van der Waals surface area contributed by atoms with Gasteiger partial charge in [-0.2, -0.15) is 0 Å². The average molecular weight is 577 g/mol. The van der Waals surface area contributed by atoms with Gasteiger partial charge in [-0.25, -0.2) is 9.38 Å². The summed E-state index contributed by atoms with van der Waals surface area (Å²) >= 11 is 3.35. The van der Waals surface area contributed by atoms with Crippen molar-refractivity contribution in [3.63, 3.8) is 0 Å². The second kappa shape index (κ2) is 12.8. The Balaban J connectivity index is 0.00000420. The fourth-order valence-electron chi connectivity index (χ4n) is 2.61. The number of nitrogens with one attached hydrogen (secondary N) is 2. The van der Waals surface area contributed by atoms with Crippen molar-refractivity contribution in [1.29, 1.82) is 0 Å². The highest BCUT2D eigenvalue weighted by Gasteiger charge is 2.08. The van der Waals surface area contributed by atoms with Crippen LogP contribution in [0.25, 0.3) is 0 Å². The van der Waals surface area contributed by atoms with Crippen LogP contribution in [-0.2, 0) is 13.0 Å². The van der Waals surface area contributed by atoms with Crippen molar-refractivity contribution in [2.24, 2.45) is 4.99 Å². The number of halogens is 3. The van der Waals surface area contributed by atoms with Crippen molar-refractivity contribution in [2.45, 2.75) is 19.9 Å². The molecule has 0 atom stereocenters. The van der Waals surface area contributed by atoms with Gasteiger partial charge in [0.1, 0.15) is 5.82 Å². The lowest BCUT2D eigenvalue weighted by atomic mass is 10.1. The third-order valence-corrected chi connectivity index (χ3v) is 4.54. The molecule has 0 aliphatic rings. The van der Waals surface area contributed by atoms with Crippen LogP contribution in [0.4, 0.5) is 4.39 Å². The Bertz CT molecular complexity index is 845. The summed E-state index contributed by atoms with van der Waals surface area (Å²) in [5.74, 6) is 0.341. The Morgan fingerprint density at radius 2 is 1.93 bits per heavy atom. The minimum atomic E-state index is -0.273. The van der Waals surface area contributed by atoms with E-state index in [1.165, 1.54) is 6.07 Å². The van der Waals surface area contributed by atoms with Gasteiger partial charge in [0.15, 0.2) is 5.96 Å². The lowest BCUT2D eigenvalue weighted by Gasteiger charge is -2.13. The van der Waals surface area contributed by atoms with E-state index in [1.54, 1.807) is 31.1 Å². The van der Waals surface area contributed by atoms with Crippen molar-refractivity contribution >= 4 is 51.8 Å². The molecule has 8 heteroatoms. The number of rotatable bonds is 7. The molecule has 0 unspecified atom stereocenters. The standard InChI is InChI=1S/C21H26BrFN4O.HI/c1-4-24-21(26-14-17-13-18(22)8-9-19(17)23)25-11-10-15-6-5-7-16(12-15)20(28)27(2)3;/h5-9,12-13H,4,10-11,14H2,1-3H3,(H2,24,25,26);1H. The SMILES string of the molecule is CCNC(=NCc1cc(Br)ccc1F)NCCc1cccc(C(=O)N(C)C)c1.I. The first-order valence-electron chi connectivity index (χ1n) is 9.17. The summed E-state index contributed by atoms with van der Waals surface area (Å²) in [4.78, 5) is 18.1. The van der Waals surface area contributed by atoms with E-state index in [1.807, 2.05) is 31.2 Å². The second-order valence-corrected chi connectivity index (χ2v) is 7.42. The minimum Gasteiger partial charge on any atom is -0.357 e. The second-order valence-electron chi connectivity index (χ2n) is 6.51. The molecule has 2 aromatic rings. The quantitative estimate of drug-likeness (QED) is 0.295. The first-order chi connectivity index (χ1) is 13.4. The average Bonchev–Trinajstić information content (AvgIpc) is 2.68. The first kappa shape index (κ1) is 25.4. The molecule has 2 rings (SSSR count). The summed E-state index contributed by atoms with van der Waals surface area (Å²) in [5.41, 5.74) is 2.27. The molecule has 0 saturated carbocycles. The molecule has 0 heterocycles. The van der Waals surface area contributed by atoms with E-state index in [9.17, 15) is 9.18 Å². The van der Waals surface area contributed by atoms with Crippen molar-refractivity contribution in [3.8, 4) is 0 Å². The molecule has 158 valence electrons. The number of guanidine groups is 1. The number of carbonyl (C=O) groups is 1. The molecule has 0 aliphatic heterocycles. The fourth-order valence-corrected chi connectivity index (χ4v) is 3.02. The molecule has 0 saturated heterocycles. The molecule has 5 nitrogen and oxygen atoms in total. The molecular formula is C21H27BrFIN4O. The van der Waals surface area contributed by atoms with E-state index in [-0.39, 0.29) is 42.2 Å². The summed E-state index contributed by atoms with van der Waals surface area (Å²) in [6, 6.07) is 12.4. The Hall–Kier alpha value is -1.68. The highest BCUT2D eigenvalue weighted by molar-refractivity contribution is 14.0. The van der Waals surface area contributed by atoms with Crippen LogP contribution in [-0.4, -0.2) is 44.0 Å². The normalized spacial score (nSPS) is 10.9. The van der Waals surface area contributed by atoms with E-state index in [0.29, 0.717) is 30.2 Å². The third-order valence-electron chi connectivity index (χ3n) is 4.05. The number of aliphatic imine (C=N–C) groups is 1. The van der Waals surface area contributed by atoms with Crippen molar-refractivity contribution in [1.82, 2.24) is 15.5 Å². The fraction of sp³-hybridized carbons (Fsp3) is 0.333. The van der Waals surface area contributed by atoms with Crippen molar-refractivity contribution in [3.05, 3.63) is 69.4 Å². The zero-order valence-electron chi connectivity index (χ0n) is 16.8. The molecule has 2 aromatic carbocycles. The molecule has 0 spiro atoms.